The van der Waals surface area contributed by atoms with E-state index in [0.717, 1.165) is 6.07 Å². The van der Waals surface area contributed by atoms with Crippen LogP contribution in [0.3, 0.4) is 0 Å². The number of hydrogen-bond acceptors (Lipinski definition) is 9. The van der Waals surface area contributed by atoms with Crippen molar-refractivity contribution in [2.24, 2.45) is 0 Å². The number of aromatic nitrogens is 2. The van der Waals surface area contributed by atoms with Crippen LogP contribution < -0.4 is 19.1 Å². The molecule has 2 heterocycles. The first-order valence-electron chi connectivity index (χ1n) is 8.78. The summed E-state index contributed by atoms with van der Waals surface area (Å²) in [5, 5.41) is 34.8. The molecule has 0 atom stereocenters. The molecule has 0 aliphatic carbocycles. The van der Waals surface area contributed by atoms with E-state index in [1.807, 2.05) is 0 Å². The molecule has 4 rings (SSSR count). The number of ketones is 1. The second kappa shape index (κ2) is 7.66. The zero-order chi connectivity index (χ0) is 21.3. The Kier molecular flexibility index (Phi) is 4.88. The average Bonchev–Trinajstić information content (AvgIpc) is 3.30. The van der Waals surface area contributed by atoms with Crippen LogP contribution in [0.2, 0.25) is 0 Å². The lowest BCUT2D eigenvalue weighted by atomic mass is 10.1. The summed E-state index contributed by atoms with van der Waals surface area (Å²) < 4.78 is 20.5. The second-order valence-electron chi connectivity index (χ2n) is 6.40. The Morgan fingerprint density at radius 3 is 2.83 bits per heavy atom. The molecule has 0 saturated carbocycles. The number of aromatic hydroxyl groups is 2. The molecule has 0 spiro atoms. The number of hydrogen-bond donors (Lipinski definition) is 2. The minimum atomic E-state index is -0.559. The molecule has 30 heavy (non-hydrogen) atoms. The largest absolute Gasteiger partial charge is 0.508 e. The lowest BCUT2D eigenvalue weighted by molar-refractivity contribution is -0.806. The minimum absolute atomic E-state index is 0.0762. The Bertz CT molecular complexity index is 1150. The van der Waals surface area contributed by atoms with Gasteiger partial charge in [0, 0.05) is 24.2 Å². The van der Waals surface area contributed by atoms with Crippen LogP contribution >= 0.6 is 0 Å². The van der Waals surface area contributed by atoms with Crippen molar-refractivity contribution in [3.05, 3.63) is 64.1 Å². The Hall–Kier alpha value is -4.21. The molecule has 1 aliphatic rings. The zero-order valence-electron chi connectivity index (χ0n) is 15.7. The standard InChI is InChI=1S/C20H16N2O8/c1-11-14(21-30-22(11)26)9-27-19-8-13(23)7-16(25)20(19)15(24)4-2-12-3-5-17-18(6-12)29-10-28-17/h2-8,23,25H,9-10H2,1H3/b4-2+. The van der Waals surface area contributed by atoms with Crippen LogP contribution in [0.25, 0.3) is 6.08 Å². The Balaban J connectivity index is 1.57. The minimum Gasteiger partial charge on any atom is -0.508 e. The third kappa shape index (κ3) is 3.70. The number of fused-ring (bicyclic) bond motifs is 1. The van der Waals surface area contributed by atoms with Crippen LogP contribution in [0.5, 0.6) is 28.7 Å². The number of phenolic OH excluding ortho intramolecular Hbond substituents is 2. The number of benzene rings is 2. The van der Waals surface area contributed by atoms with Crippen LogP contribution in [0.1, 0.15) is 27.3 Å². The normalized spacial score (nSPS) is 12.4. The van der Waals surface area contributed by atoms with Crippen molar-refractivity contribution in [1.29, 1.82) is 0 Å². The van der Waals surface area contributed by atoms with Gasteiger partial charge < -0.3 is 29.6 Å². The monoisotopic (exact) mass is 412 g/mol. The molecular weight excluding hydrogens is 396 g/mol. The third-order valence-electron chi connectivity index (χ3n) is 4.42. The highest BCUT2D eigenvalue weighted by atomic mass is 16.8. The van der Waals surface area contributed by atoms with E-state index in [4.69, 9.17) is 14.2 Å². The molecule has 0 radical (unpaired) electrons. The van der Waals surface area contributed by atoms with E-state index in [2.05, 4.69) is 9.79 Å². The molecule has 2 N–H and O–H groups in total. The van der Waals surface area contributed by atoms with Gasteiger partial charge in [0.05, 0.1) is 0 Å². The molecule has 10 heteroatoms. The van der Waals surface area contributed by atoms with E-state index in [-0.39, 0.29) is 46.8 Å². The molecule has 1 aromatic heterocycles. The van der Waals surface area contributed by atoms with Gasteiger partial charge in [0.1, 0.15) is 22.8 Å². The Morgan fingerprint density at radius 1 is 1.27 bits per heavy atom. The van der Waals surface area contributed by atoms with Gasteiger partial charge in [0.15, 0.2) is 29.6 Å². The van der Waals surface area contributed by atoms with Gasteiger partial charge in [-0.1, -0.05) is 12.1 Å². The van der Waals surface area contributed by atoms with E-state index >= 15 is 0 Å². The highest BCUT2D eigenvalue weighted by Gasteiger charge is 2.21. The Labute approximate surface area is 169 Å². The summed E-state index contributed by atoms with van der Waals surface area (Å²) in [6.45, 7) is 1.42. The lowest BCUT2D eigenvalue weighted by Gasteiger charge is -2.10. The molecular formula is C20H16N2O8. The quantitative estimate of drug-likeness (QED) is 0.354. The zero-order valence-corrected chi connectivity index (χ0v) is 15.7. The number of nitrogens with zero attached hydrogens (tertiary/aromatic N) is 2. The number of carbonyl (C=O) groups is 1. The van der Waals surface area contributed by atoms with Gasteiger partial charge in [0.2, 0.25) is 6.79 Å². The lowest BCUT2D eigenvalue weighted by Crippen LogP contribution is -2.26. The van der Waals surface area contributed by atoms with Gasteiger partial charge in [-0.2, -0.15) is 0 Å². The van der Waals surface area contributed by atoms with E-state index in [0.29, 0.717) is 17.1 Å². The summed E-state index contributed by atoms with van der Waals surface area (Å²) >= 11 is 0. The van der Waals surface area contributed by atoms with Gasteiger partial charge in [-0.15, -0.1) is 0 Å². The fourth-order valence-corrected chi connectivity index (χ4v) is 2.82. The van der Waals surface area contributed by atoms with Crippen molar-refractivity contribution in [3.8, 4) is 28.7 Å². The predicted molar refractivity (Wildman–Crippen MR) is 100 cm³/mol. The third-order valence-corrected chi connectivity index (χ3v) is 4.42. The molecule has 0 fully saturated rings. The number of carbonyl (C=O) groups excluding carboxylic acids is 1. The first kappa shape index (κ1) is 19.1. The summed E-state index contributed by atoms with van der Waals surface area (Å²) in [5.74, 6) is -0.202. The molecule has 3 aromatic rings. The maximum atomic E-state index is 12.7. The maximum absolute atomic E-state index is 12.7. The van der Waals surface area contributed by atoms with E-state index in [9.17, 15) is 20.2 Å². The van der Waals surface area contributed by atoms with Gasteiger partial charge in [-0.05, 0) is 28.7 Å². The topological polar surface area (TPSA) is 138 Å². The average molecular weight is 412 g/mol. The first-order chi connectivity index (χ1) is 14.4. The summed E-state index contributed by atoms with van der Waals surface area (Å²) in [6, 6.07) is 7.40. The second-order valence-corrected chi connectivity index (χ2v) is 6.40. The predicted octanol–water partition coefficient (Wildman–Crippen LogP) is 2.23. The van der Waals surface area contributed by atoms with Crippen LogP contribution in [-0.4, -0.2) is 27.9 Å². The smallest absolute Gasteiger partial charge is 0.258 e. The van der Waals surface area contributed by atoms with Crippen molar-refractivity contribution < 1.29 is 38.8 Å². The Morgan fingerprint density at radius 2 is 2.07 bits per heavy atom. The molecule has 1 aliphatic heterocycles. The van der Waals surface area contributed by atoms with Crippen molar-refractivity contribution in [3.63, 3.8) is 0 Å². The highest BCUT2D eigenvalue weighted by Crippen LogP contribution is 2.35. The molecule has 0 amide bonds. The van der Waals surface area contributed by atoms with Gasteiger partial charge in [-0.25, -0.2) is 0 Å². The summed E-state index contributed by atoms with van der Waals surface area (Å²) in [7, 11) is 0. The number of phenols is 2. The van der Waals surface area contributed by atoms with Gasteiger partial charge >= 0.3 is 0 Å². The fraction of sp³-hybridized carbons (Fsp3) is 0.150. The summed E-state index contributed by atoms with van der Waals surface area (Å²) in [4.78, 5) is 13.0. The van der Waals surface area contributed by atoms with Gasteiger partial charge in [0.25, 0.3) is 5.69 Å². The number of rotatable bonds is 6. The van der Waals surface area contributed by atoms with Crippen LogP contribution in [0, 0.1) is 12.1 Å². The van der Waals surface area contributed by atoms with Crippen LogP contribution in [0.15, 0.2) is 41.0 Å². The molecule has 0 bridgehead atoms. The van der Waals surface area contributed by atoms with E-state index in [1.165, 1.54) is 19.1 Å². The summed E-state index contributed by atoms with van der Waals surface area (Å²) in [6.07, 6.45) is 2.80. The van der Waals surface area contributed by atoms with Gasteiger partial charge in [-0.3, -0.25) is 9.42 Å². The van der Waals surface area contributed by atoms with Crippen molar-refractivity contribution in [2.75, 3.05) is 6.79 Å². The van der Waals surface area contributed by atoms with Crippen molar-refractivity contribution in [1.82, 2.24) is 5.16 Å². The van der Waals surface area contributed by atoms with Crippen molar-refractivity contribution >= 4 is 11.9 Å². The summed E-state index contributed by atoms with van der Waals surface area (Å²) in [5.41, 5.74) is 0.935. The SMILES string of the molecule is Cc1c(COc2cc(O)cc(O)c2C(=O)/C=C/c2ccc3c(c2)OCO3)no[n+]1[O-]. The first-order valence-corrected chi connectivity index (χ1v) is 8.78. The maximum Gasteiger partial charge on any atom is 0.258 e. The van der Waals surface area contributed by atoms with Crippen LogP contribution in [-0.2, 0) is 6.61 Å². The van der Waals surface area contributed by atoms with Crippen molar-refractivity contribution in [2.45, 2.75) is 13.5 Å². The highest BCUT2D eigenvalue weighted by molar-refractivity contribution is 6.10. The van der Waals surface area contributed by atoms with E-state index < -0.39 is 11.5 Å². The van der Waals surface area contributed by atoms with Crippen LogP contribution in [0.4, 0.5) is 0 Å². The molecule has 10 nitrogen and oxygen atoms in total. The number of allylic oxidation sites excluding steroid dienone is 1. The van der Waals surface area contributed by atoms with E-state index in [1.54, 1.807) is 24.3 Å². The molecule has 0 saturated heterocycles. The molecule has 0 unspecified atom stereocenters. The molecule has 2 aromatic carbocycles. The fourth-order valence-electron chi connectivity index (χ4n) is 2.82. The molecule has 154 valence electrons. The number of ether oxygens (including phenoxy) is 3.